The minimum atomic E-state index is -0.894. The zero-order valence-corrected chi connectivity index (χ0v) is 18.6. The predicted octanol–water partition coefficient (Wildman–Crippen LogP) is 6.18. The van der Waals surface area contributed by atoms with Gasteiger partial charge in [0.1, 0.15) is 17.2 Å². The molecule has 3 aromatic rings. The number of carbonyl (C=O) groups excluding carboxylic acids is 1. The topological polar surface area (TPSA) is 60.9 Å². The zero-order valence-electron chi connectivity index (χ0n) is 18.6. The summed E-state index contributed by atoms with van der Waals surface area (Å²) < 4.78 is 17.2. The second kappa shape index (κ2) is 8.68. The number of para-hydroxylation sites is 2. The van der Waals surface area contributed by atoms with Crippen LogP contribution in [-0.2, 0) is 10.3 Å². The highest BCUT2D eigenvalue weighted by Crippen LogP contribution is 2.50. The number of hydrogen-bond donors (Lipinski definition) is 1. The van der Waals surface area contributed by atoms with E-state index in [4.69, 9.17) is 10.7 Å². The van der Waals surface area contributed by atoms with Crippen LogP contribution < -0.4 is 5.73 Å². The maximum Gasteiger partial charge on any atom is 0.244 e. The third-order valence-corrected chi connectivity index (χ3v) is 7.90. The lowest BCUT2D eigenvalue weighted by molar-refractivity contribution is -0.135. The van der Waals surface area contributed by atoms with Gasteiger partial charge in [-0.2, -0.15) is 0 Å². The Kier molecular flexibility index (Phi) is 5.75. The molecule has 0 saturated heterocycles. The van der Waals surface area contributed by atoms with Crippen molar-refractivity contribution in [2.75, 3.05) is 0 Å². The van der Waals surface area contributed by atoms with Gasteiger partial charge in [-0.15, -0.1) is 0 Å². The van der Waals surface area contributed by atoms with Gasteiger partial charge in [-0.1, -0.05) is 62.8 Å². The molecule has 0 spiro atoms. The maximum atomic E-state index is 15.1. The maximum absolute atomic E-state index is 15.1. The van der Waals surface area contributed by atoms with Gasteiger partial charge in [0.15, 0.2) is 0 Å². The molecule has 1 aromatic heterocycles. The number of amides is 1. The average molecular weight is 434 g/mol. The van der Waals surface area contributed by atoms with Gasteiger partial charge in [0.25, 0.3) is 0 Å². The van der Waals surface area contributed by atoms with Crippen LogP contribution in [-0.4, -0.2) is 15.5 Å². The molecule has 0 aliphatic heterocycles. The van der Waals surface area contributed by atoms with Crippen molar-refractivity contribution in [2.24, 2.45) is 17.6 Å². The van der Waals surface area contributed by atoms with Crippen LogP contribution in [0.2, 0.25) is 0 Å². The summed E-state index contributed by atoms with van der Waals surface area (Å²) >= 11 is 0. The molecule has 4 nitrogen and oxygen atoms in total. The Bertz CT molecular complexity index is 1090. The fourth-order valence-electron chi connectivity index (χ4n) is 6.52. The molecule has 2 aromatic carbocycles. The summed E-state index contributed by atoms with van der Waals surface area (Å²) in [5, 5.41) is 0. The molecule has 0 unspecified atom stereocenters. The van der Waals surface area contributed by atoms with E-state index in [9.17, 15) is 4.79 Å². The Morgan fingerprint density at radius 3 is 2.03 bits per heavy atom. The Morgan fingerprint density at radius 1 is 0.875 bits per heavy atom. The molecule has 0 atom stereocenters. The third kappa shape index (κ3) is 3.33. The number of imidazole rings is 1. The zero-order chi connectivity index (χ0) is 22.1. The number of primary amides is 1. The number of nitrogens with zero attached hydrogens (tertiary/aromatic N) is 2. The van der Waals surface area contributed by atoms with Crippen LogP contribution in [0.25, 0.3) is 22.4 Å². The van der Waals surface area contributed by atoms with Gasteiger partial charge in [-0.05, 0) is 61.8 Å². The standard InChI is InChI=1S/C27H32FN3O/c28-22-16-8-7-15-21(22)25-30-23-17-9-10-18-24(23)31(25)27(26(29)32,19-11-3-1-4-12-19)20-13-5-2-6-14-20/h7-10,15-20H,1-6,11-14H2,(H2,29,32). The van der Waals surface area contributed by atoms with Crippen molar-refractivity contribution >= 4 is 16.9 Å². The number of halogens is 1. The molecule has 5 heteroatoms. The minimum absolute atomic E-state index is 0.139. The molecule has 1 heterocycles. The molecular weight excluding hydrogens is 401 g/mol. The second-order valence-electron chi connectivity index (χ2n) is 9.60. The quantitative estimate of drug-likeness (QED) is 0.522. The van der Waals surface area contributed by atoms with E-state index in [0.29, 0.717) is 11.4 Å². The van der Waals surface area contributed by atoms with Crippen molar-refractivity contribution < 1.29 is 9.18 Å². The van der Waals surface area contributed by atoms with Gasteiger partial charge in [-0.3, -0.25) is 4.79 Å². The summed E-state index contributed by atoms with van der Waals surface area (Å²) in [5.41, 5.74) is 7.61. The van der Waals surface area contributed by atoms with Gasteiger partial charge in [0.05, 0.1) is 16.6 Å². The average Bonchev–Trinajstić information content (AvgIpc) is 3.21. The van der Waals surface area contributed by atoms with Crippen LogP contribution in [0.5, 0.6) is 0 Å². The molecule has 2 N–H and O–H groups in total. The Morgan fingerprint density at radius 2 is 1.44 bits per heavy atom. The Labute approximate surface area is 189 Å². The lowest BCUT2D eigenvalue weighted by Gasteiger charge is -2.48. The van der Waals surface area contributed by atoms with Crippen LogP contribution >= 0.6 is 0 Å². The number of carbonyl (C=O) groups is 1. The minimum Gasteiger partial charge on any atom is -0.368 e. The lowest BCUT2D eigenvalue weighted by Crippen LogP contribution is -2.58. The van der Waals surface area contributed by atoms with Crippen LogP contribution in [0.15, 0.2) is 48.5 Å². The molecule has 2 aliphatic rings. The van der Waals surface area contributed by atoms with Gasteiger partial charge in [-0.25, -0.2) is 9.37 Å². The summed E-state index contributed by atoms with van der Waals surface area (Å²) in [6.45, 7) is 0. The summed E-state index contributed by atoms with van der Waals surface area (Å²) in [7, 11) is 0. The molecule has 32 heavy (non-hydrogen) atoms. The summed E-state index contributed by atoms with van der Waals surface area (Å²) in [6, 6.07) is 14.6. The van der Waals surface area contributed by atoms with Crippen LogP contribution in [0, 0.1) is 17.7 Å². The fraction of sp³-hybridized carbons (Fsp3) is 0.481. The third-order valence-electron chi connectivity index (χ3n) is 7.90. The lowest BCUT2D eigenvalue weighted by atomic mass is 9.63. The molecule has 0 radical (unpaired) electrons. The first-order valence-electron chi connectivity index (χ1n) is 12.2. The van der Waals surface area contributed by atoms with Gasteiger partial charge < -0.3 is 10.3 Å². The number of benzene rings is 2. The molecule has 168 valence electrons. The number of aromatic nitrogens is 2. The number of hydrogen-bond acceptors (Lipinski definition) is 2. The SMILES string of the molecule is NC(=O)C(C1CCCCC1)(C1CCCCC1)n1c(-c2ccccc2F)nc2ccccc21. The van der Waals surface area contributed by atoms with E-state index in [1.54, 1.807) is 12.1 Å². The van der Waals surface area contributed by atoms with Crippen molar-refractivity contribution in [3.63, 3.8) is 0 Å². The Hall–Kier alpha value is -2.69. The first-order chi connectivity index (χ1) is 15.6. The van der Waals surface area contributed by atoms with Crippen molar-refractivity contribution in [3.05, 3.63) is 54.3 Å². The monoisotopic (exact) mass is 433 g/mol. The first kappa shape index (κ1) is 21.2. The van der Waals surface area contributed by atoms with E-state index < -0.39 is 5.54 Å². The first-order valence-corrected chi connectivity index (χ1v) is 12.2. The highest BCUT2D eigenvalue weighted by Gasteiger charge is 2.53. The summed E-state index contributed by atoms with van der Waals surface area (Å²) in [4.78, 5) is 18.6. The predicted molar refractivity (Wildman–Crippen MR) is 125 cm³/mol. The van der Waals surface area contributed by atoms with E-state index in [2.05, 4.69) is 4.57 Å². The number of rotatable bonds is 5. The molecule has 2 fully saturated rings. The van der Waals surface area contributed by atoms with Crippen LogP contribution in [0.4, 0.5) is 4.39 Å². The van der Waals surface area contributed by atoms with Crippen molar-refractivity contribution in [3.8, 4) is 11.4 Å². The highest BCUT2D eigenvalue weighted by atomic mass is 19.1. The van der Waals surface area contributed by atoms with E-state index in [1.165, 1.54) is 18.9 Å². The van der Waals surface area contributed by atoms with E-state index in [1.807, 2.05) is 30.3 Å². The molecule has 2 aliphatic carbocycles. The smallest absolute Gasteiger partial charge is 0.244 e. The highest BCUT2D eigenvalue weighted by molar-refractivity contribution is 5.89. The number of fused-ring (bicyclic) bond motifs is 1. The Balaban J connectivity index is 1.85. The second-order valence-corrected chi connectivity index (χ2v) is 9.60. The fourth-order valence-corrected chi connectivity index (χ4v) is 6.52. The molecule has 5 rings (SSSR count). The number of nitrogens with two attached hydrogens (primary N) is 1. The molecular formula is C27H32FN3O. The van der Waals surface area contributed by atoms with Gasteiger partial charge >= 0.3 is 0 Å². The van der Waals surface area contributed by atoms with Crippen LogP contribution in [0.3, 0.4) is 0 Å². The van der Waals surface area contributed by atoms with E-state index in [0.717, 1.165) is 62.4 Å². The van der Waals surface area contributed by atoms with Crippen molar-refractivity contribution in [1.29, 1.82) is 0 Å². The van der Waals surface area contributed by atoms with Gasteiger partial charge in [0, 0.05) is 0 Å². The molecule has 1 amide bonds. The molecule has 0 bridgehead atoms. The van der Waals surface area contributed by atoms with E-state index in [-0.39, 0.29) is 23.6 Å². The van der Waals surface area contributed by atoms with Gasteiger partial charge in [0.2, 0.25) is 5.91 Å². The van der Waals surface area contributed by atoms with Crippen molar-refractivity contribution in [1.82, 2.24) is 9.55 Å². The van der Waals surface area contributed by atoms with Crippen LogP contribution in [0.1, 0.15) is 64.2 Å². The normalized spacial score (nSPS) is 18.8. The molecule has 2 saturated carbocycles. The summed E-state index contributed by atoms with van der Waals surface area (Å²) in [6.07, 6.45) is 10.7. The van der Waals surface area contributed by atoms with Crippen molar-refractivity contribution in [2.45, 2.75) is 69.7 Å². The largest absolute Gasteiger partial charge is 0.368 e. The summed E-state index contributed by atoms with van der Waals surface area (Å²) in [5.74, 6) is 0.200. The van der Waals surface area contributed by atoms with E-state index >= 15 is 4.39 Å².